The highest BCUT2D eigenvalue weighted by Gasteiger charge is 2.49. The molecule has 11 heteroatoms. The highest BCUT2D eigenvalue weighted by molar-refractivity contribution is 8.16. The summed E-state index contributed by atoms with van der Waals surface area (Å²) in [6.07, 6.45) is 0. The van der Waals surface area contributed by atoms with Crippen molar-refractivity contribution in [1.29, 1.82) is 0 Å². The summed E-state index contributed by atoms with van der Waals surface area (Å²) >= 11 is 1.14. The van der Waals surface area contributed by atoms with Crippen molar-refractivity contribution in [2.24, 2.45) is 4.99 Å². The van der Waals surface area contributed by atoms with E-state index in [0.717, 1.165) is 11.8 Å². The second-order valence-corrected chi connectivity index (χ2v) is 9.19. The van der Waals surface area contributed by atoms with Crippen LogP contribution in [0.2, 0.25) is 0 Å². The zero-order chi connectivity index (χ0) is 18.9. The Kier molecular flexibility index (Phi) is 5.30. The third kappa shape index (κ3) is 4.22. The molecule has 0 spiro atoms. The van der Waals surface area contributed by atoms with Crippen molar-refractivity contribution in [2.75, 3.05) is 29.6 Å². The number of carboxylic acid groups (broad SMARTS) is 1. The minimum atomic E-state index is -3.22. The quantitative estimate of drug-likeness (QED) is 0.759. The average molecular weight is 402 g/mol. The Hall–Kier alpha value is -1.98. The zero-order valence-electron chi connectivity index (χ0n) is 13.4. The first-order chi connectivity index (χ1) is 12.2. The largest absolute Gasteiger partial charge is 0.480 e. The Labute approximate surface area is 153 Å². The Balaban J connectivity index is 1.85. The van der Waals surface area contributed by atoms with Crippen molar-refractivity contribution < 1.29 is 32.2 Å². The number of benzene rings is 1. The molecule has 0 aromatic heterocycles. The fourth-order valence-electron chi connectivity index (χ4n) is 2.86. The number of carbonyl (C=O) groups excluding carboxylic acids is 1. The maximum absolute atomic E-state index is 13.6. The first kappa shape index (κ1) is 18.8. The fourth-order valence-corrected chi connectivity index (χ4v) is 6.79. The normalized spacial score (nSPS) is 25.4. The van der Waals surface area contributed by atoms with E-state index in [-0.39, 0.29) is 21.9 Å². The van der Waals surface area contributed by atoms with Crippen molar-refractivity contribution in [1.82, 2.24) is 0 Å². The summed E-state index contributed by atoms with van der Waals surface area (Å²) in [6.45, 7) is -1.14. The molecule has 0 aliphatic carbocycles. The molecule has 2 saturated heterocycles. The van der Waals surface area contributed by atoms with Gasteiger partial charge in [-0.15, -0.1) is 0 Å². The van der Waals surface area contributed by atoms with Gasteiger partial charge in [-0.2, -0.15) is 4.99 Å². The number of amidine groups is 1. The molecule has 0 saturated carbocycles. The topological polar surface area (TPSA) is 113 Å². The van der Waals surface area contributed by atoms with Gasteiger partial charge in [0.2, 0.25) is 0 Å². The van der Waals surface area contributed by atoms with Crippen LogP contribution in [0.1, 0.15) is 0 Å². The molecule has 1 aromatic rings. The van der Waals surface area contributed by atoms with E-state index in [2.05, 4.69) is 4.99 Å². The van der Waals surface area contributed by atoms with Crippen LogP contribution >= 0.6 is 11.8 Å². The van der Waals surface area contributed by atoms with Crippen LogP contribution in [0.25, 0.3) is 0 Å². The molecule has 2 aliphatic rings. The summed E-state index contributed by atoms with van der Waals surface area (Å²) in [4.78, 5) is 27.8. The molecule has 1 aromatic carbocycles. The molecular formula is C15H15FN2O6S2. The van der Waals surface area contributed by atoms with Crippen LogP contribution in [0.5, 0.6) is 0 Å². The molecule has 140 valence electrons. The summed E-state index contributed by atoms with van der Waals surface area (Å²) in [5.74, 6) is -2.55. The number of hydrogen-bond donors (Lipinski definition) is 1. The number of hydrogen-bond acceptors (Lipinski definition) is 6. The Bertz CT molecular complexity index is 873. The molecule has 2 aliphatic heterocycles. The summed E-state index contributed by atoms with van der Waals surface area (Å²) in [6, 6.07) is 5.16. The lowest BCUT2D eigenvalue weighted by atomic mass is 10.2. The third-order valence-corrected chi connectivity index (χ3v) is 7.03. The molecule has 2 fully saturated rings. The molecule has 0 radical (unpaired) electrons. The molecule has 8 nitrogen and oxygen atoms in total. The SMILES string of the molecule is O=C(O)COCC(=O)N=C1S[C@@H]2CS(=O)(=O)C[C@@H]2N1c1cccc(F)c1. The number of amides is 1. The minimum absolute atomic E-state index is 0.0448. The van der Waals surface area contributed by atoms with E-state index in [0.29, 0.717) is 5.69 Å². The monoisotopic (exact) mass is 402 g/mol. The predicted molar refractivity (Wildman–Crippen MR) is 93.6 cm³/mol. The Morgan fingerprint density at radius 1 is 1.35 bits per heavy atom. The maximum atomic E-state index is 13.6. The Morgan fingerprint density at radius 2 is 2.12 bits per heavy atom. The number of aliphatic carboxylic acids is 1. The van der Waals surface area contributed by atoms with Gasteiger partial charge in [-0.05, 0) is 18.2 Å². The van der Waals surface area contributed by atoms with E-state index in [1.54, 1.807) is 11.0 Å². The lowest BCUT2D eigenvalue weighted by Gasteiger charge is -2.24. The molecule has 1 N–H and O–H groups in total. The number of ether oxygens (including phenoxy) is 1. The van der Waals surface area contributed by atoms with E-state index >= 15 is 0 Å². The molecule has 26 heavy (non-hydrogen) atoms. The number of sulfone groups is 1. The summed E-state index contributed by atoms with van der Waals surface area (Å²) in [5, 5.41) is 8.45. The molecule has 0 bridgehead atoms. The number of aliphatic imine (C=N–C) groups is 1. The van der Waals surface area contributed by atoms with Crippen LogP contribution in [0.3, 0.4) is 0 Å². The Morgan fingerprint density at radius 3 is 2.81 bits per heavy atom. The summed E-state index contributed by atoms with van der Waals surface area (Å²) in [7, 11) is -3.22. The number of carbonyl (C=O) groups is 2. The molecule has 2 heterocycles. The fraction of sp³-hybridized carbons (Fsp3) is 0.400. The predicted octanol–water partition coefficient (Wildman–Crippen LogP) is 0.528. The number of rotatable bonds is 5. The van der Waals surface area contributed by atoms with Crippen LogP contribution in [0.4, 0.5) is 10.1 Å². The smallest absolute Gasteiger partial charge is 0.329 e. The van der Waals surface area contributed by atoms with Crippen LogP contribution in [-0.4, -0.2) is 66.6 Å². The van der Waals surface area contributed by atoms with Gasteiger partial charge in [-0.1, -0.05) is 17.8 Å². The van der Waals surface area contributed by atoms with Gasteiger partial charge >= 0.3 is 5.97 Å². The highest BCUT2D eigenvalue weighted by Crippen LogP contribution is 2.41. The highest BCUT2D eigenvalue weighted by atomic mass is 32.2. The van der Waals surface area contributed by atoms with Crippen molar-refractivity contribution in [2.45, 2.75) is 11.3 Å². The van der Waals surface area contributed by atoms with Gasteiger partial charge in [0.1, 0.15) is 19.0 Å². The molecule has 3 rings (SSSR count). The second-order valence-electron chi connectivity index (χ2n) is 5.83. The van der Waals surface area contributed by atoms with Gasteiger partial charge in [0.25, 0.3) is 5.91 Å². The standard InChI is InChI=1S/C15H15FN2O6S2/c16-9-2-1-3-10(4-9)18-11-7-26(22,23)8-12(11)25-15(18)17-13(19)5-24-6-14(20)21/h1-4,11-12H,5-8H2,(H,20,21)/t11-,12+/m0/s1. The second kappa shape index (κ2) is 7.33. The van der Waals surface area contributed by atoms with Gasteiger partial charge in [0.15, 0.2) is 15.0 Å². The van der Waals surface area contributed by atoms with E-state index in [9.17, 15) is 22.4 Å². The lowest BCUT2D eigenvalue weighted by molar-refractivity contribution is -0.143. The molecule has 2 atom stereocenters. The van der Waals surface area contributed by atoms with Crippen molar-refractivity contribution >= 4 is 44.3 Å². The van der Waals surface area contributed by atoms with Gasteiger partial charge in [0.05, 0.1) is 17.5 Å². The van der Waals surface area contributed by atoms with E-state index in [1.165, 1.54) is 18.2 Å². The van der Waals surface area contributed by atoms with Crippen LogP contribution in [0, 0.1) is 5.82 Å². The molecule has 1 amide bonds. The first-order valence-electron chi connectivity index (χ1n) is 7.58. The van der Waals surface area contributed by atoms with E-state index < -0.39 is 46.8 Å². The van der Waals surface area contributed by atoms with Crippen LogP contribution in [-0.2, 0) is 24.2 Å². The van der Waals surface area contributed by atoms with Crippen molar-refractivity contribution in [3.05, 3.63) is 30.1 Å². The molecule has 0 unspecified atom stereocenters. The van der Waals surface area contributed by atoms with Crippen LogP contribution < -0.4 is 4.90 Å². The van der Waals surface area contributed by atoms with Gasteiger partial charge in [-0.25, -0.2) is 17.6 Å². The van der Waals surface area contributed by atoms with Gasteiger partial charge < -0.3 is 14.7 Å². The van der Waals surface area contributed by atoms with Crippen molar-refractivity contribution in [3.63, 3.8) is 0 Å². The van der Waals surface area contributed by atoms with E-state index in [4.69, 9.17) is 9.84 Å². The van der Waals surface area contributed by atoms with Gasteiger partial charge in [0, 0.05) is 10.9 Å². The lowest BCUT2D eigenvalue weighted by Crippen LogP contribution is -2.37. The number of anilines is 1. The number of carboxylic acids is 1. The number of nitrogens with zero attached hydrogens (tertiary/aromatic N) is 2. The maximum Gasteiger partial charge on any atom is 0.329 e. The van der Waals surface area contributed by atoms with Gasteiger partial charge in [-0.3, -0.25) is 4.79 Å². The number of halogens is 1. The van der Waals surface area contributed by atoms with E-state index in [1.807, 2.05) is 0 Å². The summed E-state index contributed by atoms with van der Waals surface area (Å²) in [5.41, 5.74) is 0.403. The average Bonchev–Trinajstić information content (AvgIpc) is 2.97. The number of thioether (sulfide) groups is 1. The minimum Gasteiger partial charge on any atom is -0.480 e. The first-order valence-corrected chi connectivity index (χ1v) is 10.3. The third-order valence-electron chi connectivity index (χ3n) is 3.82. The zero-order valence-corrected chi connectivity index (χ0v) is 15.0. The van der Waals surface area contributed by atoms with Crippen LogP contribution in [0.15, 0.2) is 29.3 Å². The van der Waals surface area contributed by atoms with Crippen molar-refractivity contribution in [3.8, 4) is 0 Å². The number of fused-ring (bicyclic) bond motifs is 1. The molecular weight excluding hydrogens is 387 g/mol. The summed E-state index contributed by atoms with van der Waals surface area (Å²) < 4.78 is 42.2.